The molecule has 0 saturated carbocycles. The maximum atomic E-state index is 12.5. The molecule has 1 aromatic carbocycles. The Kier molecular flexibility index (Phi) is 7.54. The van der Waals surface area contributed by atoms with Crippen molar-refractivity contribution in [2.24, 2.45) is 0 Å². The van der Waals surface area contributed by atoms with Crippen molar-refractivity contribution in [3.8, 4) is 0 Å². The second-order valence-electron chi connectivity index (χ2n) is 6.06. The lowest BCUT2D eigenvalue weighted by Gasteiger charge is -2.22. The van der Waals surface area contributed by atoms with Gasteiger partial charge in [0.2, 0.25) is 0 Å². The zero-order valence-corrected chi connectivity index (χ0v) is 15.6. The normalized spacial score (nSPS) is 10.3. The molecule has 3 N–H and O–H groups in total. The minimum absolute atomic E-state index is 0.212. The lowest BCUT2D eigenvalue weighted by molar-refractivity contribution is 0.102. The Morgan fingerprint density at radius 3 is 2.33 bits per heavy atom. The summed E-state index contributed by atoms with van der Waals surface area (Å²) < 4.78 is 0. The van der Waals surface area contributed by atoms with Crippen LogP contribution in [0.1, 0.15) is 42.7 Å². The molecule has 27 heavy (non-hydrogen) atoms. The maximum absolute atomic E-state index is 12.5. The van der Waals surface area contributed by atoms with E-state index < -0.39 is 6.09 Å². The minimum atomic E-state index is -1.08. The summed E-state index contributed by atoms with van der Waals surface area (Å²) >= 11 is 0. The van der Waals surface area contributed by atoms with Gasteiger partial charge in [0.25, 0.3) is 5.91 Å². The number of anilines is 2. The average molecular weight is 371 g/mol. The van der Waals surface area contributed by atoms with E-state index in [0.29, 0.717) is 11.4 Å². The molecule has 0 fully saturated rings. The molecule has 0 aliphatic carbocycles. The topological polar surface area (TPSA) is 107 Å². The summed E-state index contributed by atoms with van der Waals surface area (Å²) in [6.45, 7) is 6.17. The fourth-order valence-corrected chi connectivity index (χ4v) is 2.60. The number of benzene rings is 1. The van der Waals surface area contributed by atoms with Gasteiger partial charge in [0, 0.05) is 31.4 Å². The highest BCUT2D eigenvalue weighted by Crippen LogP contribution is 2.15. The van der Waals surface area contributed by atoms with Crippen molar-refractivity contribution in [1.82, 2.24) is 15.3 Å². The van der Waals surface area contributed by atoms with E-state index in [2.05, 4.69) is 39.3 Å². The molecular formula is C19H25N5O3. The van der Waals surface area contributed by atoms with Gasteiger partial charge >= 0.3 is 6.09 Å². The van der Waals surface area contributed by atoms with Crippen LogP contribution in [0.15, 0.2) is 36.7 Å². The van der Waals surface area contributed by atoms with Crippen molar-refractivity contribution < 1.29 is 14.7 Å². The molecule has 0 saturated heterocycles. The Labute approximate surface area is 158 Å². The summed E-state index contributed by atoms with van der Waals surface area (Å²) in [5.74, 6) is 0.428. The summed E-state index contributed by atoms with van der Waals surface area (Å²) in [5, 5.41) is 13.7. The highest BCUT2D eigenvalue weighted by atomic mass is 16.4. The number of amides is 2. The van der Waals surface area contributed by atoms with E-state index in [9.17, 15) is 9.59 Å². The van der Waals surface area contributed by atoms with Crippen LogP contribution in [0.25, 0.3) is 0 Å². The first kappa shape index (κ1) is 20.2. The molecule has 0 spiro atoms. The number of nitrogens with one attached hydrogen (secondary N) is 2. The van der Waals surface area contributed by atoms with Gasteiger partial charge in [0.1, 0.15) is 17.8 Å². The third-order valence-corrected chi connectivity index (χ3v) is 3.85. The van der Waals surface area contributed by atoms with Gasteiger partial charge in [-0.05, 0) is 30.5 Å². The van der Waals surface area contributed by atoms with E-state index in [4.69, 9.17) is 5.11 Å². The second kappa shape index (κ2) is 10.1. The molecule has 0 aliphatic rings. The number of aromatic nitrogens is 2. The smallest absolute Gasteiger partial charge is 0.404 e. The van der Waals surface area contributed by atoms with E-state index in [-0.39, 0.29) is 12.5 Å². The number of carboxylic acid groups (broad SMARTS) is 1. The standard InChI is InChI=1S/C19H25N5O3/c1-3-9-24(10-4-2)17-11-16(21-13-22-17)18(25)23-15-7-5-14(6-8-15)12-20-19(26)27/h5-8,11,13,20H,3-4,9-10,12H2,1-2H3,(H,23,25)(H,26,27). The van der Waals surface area contributed by atoms with Crippen LogP contribution in [0, 0.1) is 0 Å². The van der Waals surface area contributed by atoms with Crippen molar-refractivity contribution in [2.75, 3.05) is 23.3 Å². The monoisotopic (exact) mass is 371 g/mol. The predicted octanol–water partition coefficient (Wildman–Crippen LogP) is 3.12. The van der Waals surface area contributed by atoms with Crippen LogP contribution in [0.2, 0.25) is 0 Å². The van der Waals surface area contributed by atoms with Crippen LogP contribution >= 0.6 is 0 Å². The Balaban J connectivity index is 2.05. The first-order chi connectivity index (χ1) is 13.0. The molecule has 2 amide bonds. The largest absolute Gasteiger partial charge is 0.465 e. The Morgan fingerprint density at radius 1 is 1.07 bits per heavy atom. The van der Waals surface area contributed by atoms with E-state index in [1.54, 1.807) is 30.3 Å². The molecule has 1 aromatic heterocycles. The van der Waals surface area contributed by atoms with Gasteiger partial charge in [-0.1, -0.05) is 26.0 Å². The lowest BCUT2D eigenvalue weighted by Crippen LogP contribution is -2.26. The average Bonchev–Trinajstić information content (AvgIpc) is 2.67. The van der Waals surface area contributed by atoms with Gasteiger partial charge in [-0.15, -0.1) is 0 Å². The van der Waals surface area contributed by atoms with E-state index in [1.807, 2.05) is 0 Å². The maximum Gasteiger partial charge on any atom is 0.404 e. The number of hydrogen-bond donors (Lipinski definition) is 3. The number of rotatable bonds is 9. The van der Waals surface area contributed by atoms with Crippen LogP contribution in [0.5, 0.6) is 0 Å². The molecular weight excluding hydrogens is 346 g/mol. The number of carbonyl (C=O) groups is 2. The van der Waals surface area contributed by atoms with E-state index in [0.717, 1.165) is 37.3 Å². The Hall–Kier alpha value is -3.16. The van der Waals surface area contributed by atoms with E-state index >= 15 is 0 Å². The quantitative estimate of drug-likeness (QED) is 0.625. The van der Waals surface area contributed by atoms with Gasteiger partial charge < -0.3 is 20.6 Å². The molecule has 8 heteroatoms. The molecule has 0 radical (unpaired) electrons. The van der Waals surface area contributed by atoms with Gasteiger partial charge in [-0.3, -0.25) is 4.79 Å². The molecule has 2 rings (SSSR count). The van der Waals surface area contributed by atoms with Gasteiger partial charge in [0.05, 0.1) is 0 Å². The van der Waals surface area contributed by atoms with Crippen molar-refractivity contribution in [3.05, 3.63) is 47.9 Å². The molecule has 0 bridgehead atoms. The highest BCUT2D eigenvalue weighted by Gasteiger charge is 2.12. The van der Waals surface area contributed by atoms with Crippen LogP contribution < -0.4 is 15.5 Å². The van der Waals surface area contributed by atoms with Crippen LogP contribution in [-0.4, -0.2) is 40.2 Å². The van der Waals surface area contributed by atoms with Gasteiger partial charge in [-0.25, -0.2) is 14.8 Å². The van der Waals surface area contributed by atoms with Crippen molar-refractivity contribution in [1.29, 1.82) is 0 Å². The SMILES string of the molecule is CCCN(CCC)c1cc(C(=O)Nc2ccc(CNC(=O)O)cc2)ncn1. The van der Waals surface area contributed by atoms with Crippen molar-refractivity contribution in [2.45, 2.75) is 33.2 Å². The molecule has 2 aromatic rings. The summed E-state index contributed by atoms with van der Waals surface area (Å²) in [6.07, 6.45) is 2.32. The zero-order chi connectivity index (χ0) is 19.6. The molecule has 144 valence electrons. The van der Waals surface area contributed by atoms with Crippen LogP contribution in [0.3, 0.4) is 0 Å². The first-order valence-corrected chi connectivity index (χ1v) is 8.97. The highest BCUT2D eigenvalue weighted by molar-refractivity contribution is 6.03. The number of hydrogen-bond acceptors (Lipinski definition) is 5. The second-order valence-corrected chi connectivity index (χ2v) is 6.06. The fourth-order valence-electron chi connectivity index (χ4n) is 2.60. The Morgan fingerprint density at radius 2 is 1.74 bits per heavy atom. The van der Waals surface area contributed by atoms with Gasteiger partial charge in [-0.2, -0.15) is 0 Å². The lowest BCUT2D eigenvalue weighted by atomic mass is 10.2. The third-order valence-electron chi connectivity index (χ3n) is 3.85. The zero-order valence-electron chi connectivity index (χ0n) is 15.6. The van der Waals surface area contributed by atoms with Crippen molar-refractivity contribution in [3.63, 3.8) is 0 Å². The molecule has 8 nitrogen and oxygen atoms in total. The first-order valence-electron chi connectivity index (χ1n) is 8.97. The molecule has 1 heterocycles. The van der Waals surface area contributed by atoms with Crippen LogP contribution in [-0.2, 0) is 6.54 Å². The number of nitrogens with zero attached hydrogens (tertiary/aromatic N) is 3. The Bertz CT molecular complexity index is 758. The molecule has 0 unspecified atom stereocenters. The van der Waals surface area contributed by atoms with Gasteiger partial charge in [0.15, 0.2) is 0 Å². The summed E-state index contributed by atoms with van der Waals surface area (Å²) in [4.78, 5) is 33.5. The molecule has 0 atom stereocenters. The van der Waals surface area contributed by atoms with Crippen LogP contribution in [0.4, 0.5) is 16.3 Å². The summed E-state index contributed by atoms with van der Waals surface area (Å²) in [6, 6.07) is 8.65. The van der Waals surface area contributed by atoms with Crippen molar-refractivity contribution >= 4 is 23.5 Å². The molecule has 0 aliphatic heterocycles. The number of carbonyl (C=O) groups excluding carboxylic acids is 1. The third kappa shape index (κ3) is 6.25. The summed E-state index contributed by atoms with van der Waals surface area (Å²) in [5.41, 5.74) is 1.71. The van der Waals surface area contributed by atoms with E-state index in [1.165, 1.54) is 6.33 Å². The predicted molar refractivity (Wildman–Crippen MR) is 104 cm³/mol. The summed E-state index contributed by atoms with van der Waals surface area (Å²) in [7, 11) is 0. The minimum Gasteiger partial charge on any atom is -0.465 e. The fraction of sp³-hybridized carbons (Fsp3) is 0.368.